The molecule has 0 radical (unpaired) electrons. The van der Waals surface area contributed by atoms with Crippen molar-refractivity contribution in [3.63, 3.8) is 0 Å². The number of para-hydroxylation sites is 1. The first-order chi connectivity index (χ1) is 15.0. The van der Waals surface area contributed by atoms with Crippen molar-refractivity contribution in [3.8, 4) is 11.8 Å². The number of rotatable bonds is 9. The van der Waals surface area contributed by atoms with Gasteiger partial charge in [-0.15, -0.1) is 0 Å². The third kappa shape index (κ3) is 6.09. The topological polar surface area (TPSA) is 118 Å². The Morgan fingerprint density at radius 3 is 2.61 bits per heavy atom. The van der Waals surface area contributed by atoms with E-state index < -0.39 is 18.0 Å². The molecule has 0 saturated carbocycles. The zero-order valence-electron chi connectivity index (χ0n) is 17.4. The van der Waals surface area contributed by atoms with Crippen LogP contribution in [0.25, 0.3) is 10.9 Å². The average Bonchev–Trinajstić information content (AvgIpc) is 3.18. The standard InChI is InChI=1S/C24H26N4O3/c1-16(14-25)27-24(31)22(13-17-9-11-19(29)12-10-17)28-23(30)8-4-5-18-15-26-21-7-3-2-6-20(18)21/h2-3,6-7,9-12,15-16,22,26,29H,4-5,8,13H2,1H3,(H,27,31)(H,28,30). The van der Waals surface area contributed by atoms with E-state index in [2.05, 4.69) is 21.7 Å². The molecule has 31 heavy (non-hydrogen) atoms. The van der Waals surface area contributed by atoms with Crippen LogP contribution < -0.4 is 10.6 Å². The van der Waals surface area contributed by atoms with E-state index in [0.29, 0.717) is 6.42 Å². The summed E-state index contributed by atoms with van der Waals surface area (Å²) in [6, 6.07) is 15.0. The number of aromatic amines is 1. The number of phenolic OH excluding ortho intramolecular Hbond substituents is 1. The lowest BCUT2D eigenvalue weighted by Gasteiger charge is -2.19. The molecule has 0 aliphatic heterocycles. The molecular weight excluding hydrogens is 392 g/mol. The van der Waals surface area contributed by atoms with Crippen LogP contribution >= 0.6 is 0 Å². The second-order valence-electron chi connectivity index (χ2n) is 7.56. The second-order valence-corrected chi connectivity index (χ2v) is 7.56. The number of aromatic hydroxyl groups is 1. The summed E-state index contributed by atoms with van der Waals surface area (Å²) in [4.78, 5) is 28.4. The molecule has 3 aromatic rings. The smallest absolute Gasteiger partial charge is 0.243 e. The van der Waals surface area contributed by atoms with Crippen molar-refractivity contribution in [2.24, 2.45) is 0 Å². The van der Waals surface area contributed by atoms with E-state index in [0.717, 1.165) is 28.5 Å². The minimum atomic E-state index is -0.805. The first kappa shape index (κ1) is 21.9. The largest absolute Gasteiger partial charge is 0.508 e. The molecule has 2 unspecified atom stereocenters. The maximum absolute atomic E-state index is 12.6. The van der Waals surface area contributed by atoms with Gasteiger partial charge in [0.1, 0.15) is 17.8 Å². The van der Waals surface area contributed by atoms with Crippen molar-refractivity contribution in [1.29, 1.82) is 5.26 Å². The molecule has 0 aliphatic rings. The van der Waals surface area contributed by atoms with E-state index in [1.165, 1.54) is 12.1 Å². The van der Waals surface area contributed by atoms with Gasteiger partial charge in [0.25, 0.3) is 0 Å². The molecule has 2 amide bonds. The van der Waals surface area contributed by atoms with Crippen molar-refractivity contribution in [2.75, 3.05) is 0 Å². The number of phenols is 1. The summed E-state index contributed by atoms with van der Waals surface area (Å²) >= 11 is 0. The van der Waals surface area contributed by atoms with Crippen molar-refractivity contribution in [2.45, 2.75) is 44.7 Å². The molecule has 3 rings (SSSR count). The monoisotopic (exact) mass is 418 g/mol. The molecule has 7 heteroatoms. The third-order valence-electron chi connectivity index (χ3n) is 5.11. The minimum absolute atomic E-state index is 0.129. The van der Waals surface area contributed by atoms with Gasteiger partial charge in [-0.1, -0.05) is 30.3 Å². The van der Waals surface area contributed by atoms with Gasteiger partial charge in [-0.2, -0.15) is 5.26 Å². The van der Waals surface area contributed by atoms with Crippen LogP contribution in [0.2, 0.25) is 0 Å². The van der Waals surface area contributed by atoms with Gasteiger partial charge in [0.15, 0.2) is 0 Å². The van der Waals surface area contributed by atoms with Gasteiger partial charge in [0.2, 0.25) is 11.8 Å². The van der Waals surface area contributed by atoms with Crippen molar-refractivity contribution >= 4 is 22.7 Å². The Bertz CT molecular complexity index is 1080. The van der Waals surface area contributed by atoms with E-state index in [4.69, 9.17) is 5.26 Å². The first-order valence-corrected chi connectivity index (χ1v) is 10.3. The molecule has 4 N–H and O–H groups in total. The molecule has 7 nitrogen and oxygen atoms in total. The van der Waals surface area contributed by atoms with Gasteiger partial charge in [-0.25, -0.2) is 0 Å². The zero-order chi connectivity index (χ0) is 22.2. The SMILES string of the molecule is CC(C#N)NC(=O)C(Cc1ccc(O)cc1)NC(=O)CCCc1c[nH]c2ccccc12. The molecule has 0 saturated heterocycles. The average molecular weight is 418 g/mol. The molecule has 1 heterocycles. The number of fused-ring (bicyclic) bond motifs is 1. The van der Waals surface area contributed by atoms with Crippen molar-refractivity contribution < 1.29 is 14.7 Å². The summed E-state index contributed by atoms with van der Waals surface area (Å²) in [5.41, 5.74) is 3.02. The summed E-state index contributed by atoms with van der Waals surface area (Å²) in [5, 5.41) is 25.0. The number of nitrogens with zero attached hydrogens (tertiary/aromatic N) is 1. The number of nitriles is 1. The lowest BCUT2D eigenvalue weighted by atomic mass is 10.0. The molecule has 2 aromatic carbocycles. The molecule has 0 spiro atoms. The number of carbonyl (C=O) groups is 2. The maximum Gasteiger partial charge on any atom is 0.243 e. The van der Waals surface area contributed by atoms with E-state index in [1.807, 2.05) is 30.5 Å². The van der Waals surface area contributed by atoms with E-state index in [1.54, 1.807) is 19.1 Å². The lowest BCUT2D eigenvalue weighted by molar-refractivity contribution is -0.129. The normalized spacial score (nSPS) is 12.6. The highest BCUT2D eigenvalue weighted by Crippen LogP contribution is 2.19. The molecule has 0 aliphatic carbocycles. The Balaban J connectivity index is 1.59. The number of H-pyrrole nitrogens is 1. The molecule has 160 valence electrons. The number of aromatic nitrogens is 1. The number of hydrogen-bond donors (Lipinski definition) is 4. The minimum Gasteiger partial charge on any atom is -0.508 e. The Morgan fingerprint density at radius 1 is 1.13 bits per heavy atom. The summed E-state index contributed by atoms with van der Waals surface area (Å²) < 4.78 is 0. The second kappa shape index (κ2) is 10.3. The highest BCUT2D eigenvalue weighted by molar-refractivity contribution is 5.88. The Kier molecular flexibility index (Phi) is 7.28. The fourth-order valence-corrected chi connectivity index (χ4v) is 3.47. The number of hydrogen-bond acceptors (Lipinski definition) is 4. The van der Waals surface area contributed by atoms with Crippen LogP contribution in [0.4, 0.5) is 0 Å². The van der Waals surface area contributed by atoms with E-state index in [-0.39, 0.29) is 24.5 Å². The fourth-order valence-electron chi connectivity index (χ4n) is 3.47. The summed E-state index contributed by atoms with van der Waals surface area (Å²) in [6.45, 7) is 1.58. The number of nitrogens with one attached hydrogen (secondary N) is 3. The van der Waals surface area contributed by atoms with Crippen LogP contribution in [-0.2, 0) is 22.4 Å². The van der Waals surface area contributed by atoms with Crippen LogP contribution in [-0.4, -0.2) is 34.0 Å². The van der Waals surface area contributed by atoms with Gasteiger partial charge in [-0.3, -0.25) is 9.59 Å². The third-order valence-corrected chi connectivity index (χ3v) is 5.11. The lowest BCUT2D eigenvalue weighted by Crippen LogP contribution is -2.49. The van der Waals surface area contributed by atoms with Crippen molar-refractivity contribution in [1.82, 2.24) is 15.6 Å². The number of aryl methyl sites for hydroxylation is 1. The highest BCUT2D eigenvalue weighted by atomic mass is 16.3. The number of amides is 2. The predicted octanol–water partition coefficient (Wildman–Crippen LogP) is 2.95. The van der Waals surface area contributed by atoms with Gasteiger partial charge in [0, 0.05) is 29.9 Å². The highest BCUT2D eigenvalue weighted by Gasteiger charge is 2.22. The van der Waals surface area contributed by atoms with Crippen LogP contribution in [0.5, 0.6) is 5.75 Å². The maximum atomic E-state index is 12.6. The first-order valence-electron chi connectivity index (χ1n) is 10.3. The van der Waals surface area contributed by atoms with E-state index >= 15 is 0 Å². The molecule has 0 fully saturated rings. The Labute approximate surface area is 181 Å². The molecule has 1 aromatic heterocycles. The predicted molar refractivity (Wildman–Crippen MR) is 118 cm³/mol. The quantitative estimate of drug-likeness (QED) is 0.427. The molecular formula is C24H26N4O3. The molecule has 2 atom stereocenters. The number of carbonyl (C=O) groups excluding carboxylic acids is 2. The van der Waals surface area contributed by atoms with Crippen LogP contribution in [0.3, 0.4) is 0 Å². The molecule has 0 bridgehead atoms. The van der Waals surface area contributed by atoms with Crippen LogP contribution in [0.15, 0.2) is 54.7 Å². The van der Waals surface area contributed by atoms with Gasteiger partial charge >= 0.3 is 0 Å². The summed E-state index contributed by atoms with van der Waals surface area (Å²) in [5.74, 6) is -0.500. The number of benzene rings is 2. The Hall–Kier alpha value is -3.79. The zero-order valence-corrected chi connectivity index (χ0v) is 17.4. The van der Waals surface area contributed by atoms with Crippen molar-refractivity contribution in [3.05, 3.63) is 65.9 Å². The Morgan fingerprint density at radius 2 is 1.87 bits per heavy atom. The van der Waals surface area contributed by atoms with Gasteiger partial charge < -0.3 is 20.7 Å². The van der Waals surface area contributed by atoms with Gasteiger partial charge in [0.05, 0.1) is 6.07 Å². The van der Waals surface area contributed by atoms with Gasteiger partial charge in [-0.05, 0) is 49.1 Å². The fraction of sp³-hybridized carbons (Fsp3) is 0.292. The van der Waals surface area contributed by atoms with Crippen LogP contribution in [0.1, 0.15) is 30.9 Å². The summed E-state index contributed by atoms with van der Waals surface area (Å²) in [6.07, 6.45) is 3.91. The van der Waals surface area contributed by atoms with Crippen LogP contribution in [0, 0.1) is 11.3 Å². The van der Waals surface area contributed by atoms with E-state index in [9.17, 15) is 14.7 Å². The summed E-state index contributed by atoms with van der Waals surface area (Å²) in [7, 11) is 0.